The van der Waals surface area contributed by atoms with Gasteiger partial charge in [0.25, 0.3) is 0 Å². The van der Waals surface area contributed by atoms with Crippen LogP contribution in [-0.4, -0.2) is 43.4 Å². The van der Waals surface area contributed by atoms with Crippen LogP contribution in [0.15, 0.2) is 4.52 Å². The second kappa shape index (κ2) is 6.27. The van der Waals surface area contributed by atoms with Crippen molar-refractivity contribution in [1.29, 1.82) is 0 Å². The number of likely N-dealkylation sites (tertiary alicyclic amines) is 1. The first-order valence-electron chi connectivity index (χ1n) is 7.61. The Hall–Kier alpha value is -0.870. The average molecular weight is 280 g/mol. The summed E-state index contributed by atoms with van der Waals surface area (Å²) in [5.41, 5.74) is 2.57. The molecule has 0 aromatic carbocycles. The van der Waals surface area contributed by atoms with Crippen molar-refractivity contribution in [1.82, 2.24) is 10.1 Å². The first-order valence-corrected chi connectivity index (χ1v) is 7.61. The van der Waals surface area contributed by atoms with Crippen LogP contribution in [0, 0.1) is 6.92 Å². The SMILES string of the molecule is COCCN1CCCC(c2noc(C)c2C(C)(C)C)C1. The molecule has 1 aliphatic heterocycles. The molecule has 0 aliphatic carbocycles. The molecule has 114 valence electrons. The fraction of sp³-hybridized carbons (Fsp3) is 0.812. The van der Waals surface area contributed by atoms with Gasteiger partial charge in [-0.1, -0.05) is 25.9 Å². The maximum atomic E-state index is 5.50. The number of hydrogen-bond donors (Lipinski definition) is 0. The van der Waals surface area contributed by atoms with E-state index in [0.717, 1.165) is 25.5 Å². The van der Waals surface area contributed by atoms with Gasteiger partial charge in [-0.3, -0.25) is 0 Å². The molecule has 2 rings (SSSR count). The Bertz CT molecular complexity index is 434. The molecule has 0 spiro atoms. The van der Waals surface area contributed by atoms with Crippen LogP contribution in [0.3, 0.4) is 0 Å². The average Bonchev–Trinajstić information content (AvgIpc) is 2.78. The molecule has 0 saturated carbocycles. The summed E-state index contributed by atoms with van der Waals surface area (Å²) in [6, 6.07) is 0. The van der Waals surface area contributed by atoms with Gasteiger partial charge < -0.3 is 14.2 Å². The van der Waals surface area contributed by atoms with Crippen LogP contribution >= 0.6 is 0 Å². The van der Waals surface area contributed by atoms with Crippen molar-refractivity contribution in [2.24, 2.45) is 0 Å². The van der Waals surface area contributed by atoms with Crippen molar-refractivity contribution in [3.05, 3.63) is 17.0 Å². The first-order chi connectivity index (χ1) is 9.43. The van der Waals surface area contributed by atoms with Gasteiger partial charge in [-0.15, -0.1) is 0 Å². The van der Waals surface area contributed by atoms with E-state index in [9.17, 15) is 0 Å². The minimum atomic E-state index is 0.0915. The van der Waals surface area contributed by atoms with Crippen LogP contribution in [-0.2, 0) is 10.2 Å². The van der Waals surface area contributed by atoms with E-state index in [1.165, 1.54) is 30.6 Å². The Balaban J connectivity index is 2.15. The molecule has 0 bridgehead atoms. The maximum absolute atomic E-state index is 5.50. The smallest absolute Gasteiger partial charge is 0.137 e. The summed E-state index contributed by atoms with van der Waals surface area (Å²) in [5, 5.41) is 4.39. The lowest BCUT2D eigenvalue weighted by Gasteiger charge is -2.33. The zero-order valence-corrected chi connectivity index (χ0v) is 13.5. The van der Waals surface area contributed by atoms with E-state index in [2.05, 4.69) is 30.8 Å². The zero-order chi connectivity index (χ0) is 14.8. The molecule has 1 aromatic heterocycles. The number of nitrogens with zero attached hydrogens (tertiary/aromatic N) is 2. The lowest BCUT2D eigenvalue weighted by molar-refractivity contribution is 0.127. The molecule has 1 fully saturated rings. The molecule has 0 N–H and O–H groups in total. The van der Waals surface area contributed by atoms with Gasteiger partial charge in [-0.25, -0.2) is 0 Å². The van der Waals surface area contributed by atoms with Gasteiger partial charge >= 0.3 is 0 Å². The summed E-state index contributed by atoms with van der Waals surface area (Å²) < 4.78 is 10.7. The van der Waals surface area contributed by atoms with Gasteiger partial charge in [0, 0.05) is 31.7 Å². The van der Waals surface area contributed by atoms with Crippen LogP contribution in [0.1, 0.15) is 56.5 Å². The fourth-order valence-electron chi connectivity index (χ4n) is 3.28. The molecule has 0 radical (unpaired) electrons. The van der Waals surface area contributed by atoms with Crippen molar-refractivity contribution < 1.29 is 9.26 Å². The molecule has 2 heterocycles. The van der Waals surface area contributed by atoms with Gasteiger partial charge in [0.1, 0.15) is 5.76 Å². The molecule has 20 heavy (non-hydrogen) atoms. The topological polar surface area (TPSA) is 38.5 Å². The van der Waals surface area contributed by atoms with E-state index < -0.39 is 0 Å². The lowest BCUT2D eigenvalue weighted by atomic mass is 9.80. The zero-order valence-electron chi connectivity index (χ0n) is 13.5. The summed E-state index contributed by atoms with van der Waals surface area (Å²) in [7, 11) is 1.76. The predicted octanol–water partition coefficient (Wildman–Crippen LogP) is 3.11. The van der Waals surface area contributed by atoms with E-state index in [-0.39, 0.29) is 5.41 Å². The fourth-order valence-corrected chi connectivity index (χ4v) is 3.28. The Morgan fingerprint density at radius 2 is 2.15 bits per heavy atom. The van der Waals surface area contributed by atoms with Crippen LogP contribution in [0.5, 0.6) is 0 Å². The van der Waals surface area contributed by atoms with Crippen molar-refractivity contribution in [2.45, 2.75) is 51.9 Å². The summed E-state index contributed by atoms with van der Waals surface area (Å²) >= 11 is 0. The van der Waals surface area contributed by atoms with Crippen molar-refractivity contribution in [3.63, 3.8) is 0 Å². The van der Waals surface area contributed by atoms with Crippen molar-refractivity contribution >= 4 is 0 Å². The quantitative estimate of drug-likeness (QED) is 0.849. The highest BCUT2D eigenvalue weighted by molar-refractivity contribution is 5.32. The second-order valence-corrected chi connectivity index (χ2v) is 6.88. The summed E-state index contributed by atoms with van der Waals surface area (Å²) in [6.07, 6.45) is 2.43. The van der Waals surface area contributed by atoms with E-state index in [0.29, 0.717) is 5.92 Å². The number of aromatic nitrogens is 1. The third-order valence-electron chi connectivity index (χ3n) is 4.14. The molecular weight excluding hydrogens is 252 g/mol. The van der Waals surface area contributed by atoms with Crippen LogP contribution < -0.4 is 0 Å². The number of rotatable bonds is 4. The van der Waals surface area contributed by atoms with Gasteiger partial charge in [-0.2, -0.15) is 0 Å². The Morgan fingerprint density at radius 1 is 1.40 bits per heavy atom. The number of hydrogen-bond acceptors (Lipinski definition) is 4. The highest BCUT2D eigenvalue weighted by Gasteiger charge is 2.31. The summed E-state index contributed by atoms with van der Waals surface area (Å²) in [6.45, 7) is 12.8. The van der Waals surface area contributed by atoms with Gasteiger partial charge in [0.05, 0.1) is 12.3 Å². The molecule has 1 atom stereocenters. The van der Waals surface area contributed by atoms with E-state index in [1.807, 2.05) is 6.92 Å². The van der Waals surface area contributed by atoms with E-state index in [1.54, 1.807) is 7.11 Å². The molecule has 1 unspecified atom stereocenters. The Kier molecular flexibility index (Phi) is 4.86. The normalized spacial score (nSPS) is 21.4. The Morgan fingerprint density at radius 3 is 2.80 bits per heavy atom. The Labute approximate surface area is 122 Å². The van der Waals surface area contributed by atoms with Crippen molar-refractivity contribution in [2.75, 3.05) is 33.4 Å². The molecule has 0 amide bonds. The molecule has 4 heteroatoms. The molecule has 4 nitrogen and oxygen atoms in total. The van der Waals surface area contributed by atoms with Gasteiger partial charge in [0.15, 0.2) is 0 Å². The van der Waals surface area contributed by atoms with Crippen LogP contribution in [0.2, 0.25) is 0 Å². The third-order valence-corrected chi connectivity index (χ3v) is 4.14. The predicted molar refractivity (Wildman–Crippen MR) is 80.2 cm³/mol. The third kappa shape index (κ3) is 3.41. The van der Waals surface area contributed by atoms with E-state index in [4.69, 9.17) is 9.26 Å². The highest BCUT2D eigenvalue weighted by Crippen LogP contribution is 2.36. The number of piperidine rings is 1. The molecule has 1 aromatic rings. The van der Waals surface area contributed by atoms with E-state index >= 15 is 0 Å². The largest absolute Gasteiger partial charge is 0.383 e. The number of methoxy groups -OCH3 is 1. The second-order valence-electron chi connectivity index (χ2n) is 6.88. The molecule has 1 saturated heterocycles. The van der Waals surface area contributed by atoms with Crippen molar-refractivity contribution in [3.8, 4) is 0 Å². The standard InChI is InChI=1S/C16H28N2O2/c1-12-14(16(2,3)4)15(17-20-12)13-7-6-8-18(11-13)9-10-19-5/h13H,6-11H2,1-5H3. The van der Waals surface area contributed by atoms with Crippen LogP contribution in [0.25, 0.3) is 0 Å². The lowest BCUT2D eigenvalue weighted by Crippen LogP contribution is -2.37. The summed E-state index contributed by atoms with van der Waals surface area (Å²) in [4.78, 5) is 2.48. The monoisotopic (exact) mass is 280 g/mol. The number of ether oxygens (including phenoxy) is 1. The van der Waals surface area contributed by atoms with Crippen LogP contribution in [0.4, 0.5) is 0 Å². The minimum absolute atomic E-state index is 0.0915. The highest BCUT2D eigenvalue weighted by atomic mass is 16.5. The van der Waals surface area contributed by atoms with Gasteiger partial charge in [-0.05, 0) is 31.7 Å². The number of aryl methyl sites for hydroxylation is 1. The van der Waals surface area contributed by atoms with Gasteiger partial charge in [0.2, 0.25) is 0 Å². The summed E-state index contributed by atoms with van der Waals surface area (Å²) in [5.74, 6) is 1.47. The molecule has 1 aliphatic rings. The minimum Gasteiger partial charge on any atom is -0.383 e. The molecular formula is C16H28N2O2. The first kappa shape index (κ1) is 15.5. The maximum Gasteiger partial charge on any atom is 0.137 e.